The number of hydrogen-bond acceptors (Lipinski definition) is 2. The van der Waals surface area contributed by atoms with Gasteiger partial charge in [-0.15, -0.1) is 0 Å². The summed E-state index contributed by atoms with van der Waals surface area (Å²) in [5.41, 5.74) is 3.27. The van der Waals surface area contributed by atoms with Crippen molar-refractivity contribution in [3.8, 4) is 17.6 Å². The van der Waals surface area contributed by atoms with Gasteiger partial charge in [0.2, 0.25) is 0 Å². The van der Waals surface area contributed by atoms with Crippen LogP contribution in [0.2, 0.25) is 0 Å². The highest BCUT2D eigenvalue weighted by Crippen LogP contribution is 2.30. The molecule has 1 saturated heterocycles. The molecule has 3 rings (SSSR count). The van der Waals surface area contributed by atoms with Crippen molar-refractivity contribution < 1.29 is 5.11 Å². The number of phenolic OH excluding ortho intramolecular Hbond substituents is 1. The highest BCUT2D eigenvalue weighted by Gasteiger charge is 2.22. The fraction of sp³-hybridized carbons (Fsp3) is 0.364. The molecule has 1 unspecified atom stereocenters. The highest BCUT2D eigenvalue weighted by molar-refractivity contribution is 5.43. The summed E-state index contributed by atoms with van der Waals surface area (Å²) >= 11 is 0. The molecule has 0 amide bonds. The first-order chi connectivity index (χ1) is 11.8. The molecule has 0 bridgehead atoms. The number of benzene rings is 2. The number of phenols is 1. The lowest BCUT2D eigenvalue weighted by Gasteiger charge is -2.32. The number of hydrogen-bond donors (Lipinski definition) is 1. The number of nitrogens with zero attached hydrogens (tertiary/aromatic N) is 1. The van der Waals surface area contributed by atoms with E-state index in [4.69, 9.17) is 0 Å². The summed E-state index contributed by atoms with van der Waals surface area (Å²) in [6.07, 6.45) is 4.74. The van der Waals surface area contributed by atoms with E-state index in [1.807, 2.05) is 18.2 Å². The van der Waals surface area contributed by atoms with Gasteiger partial charge in [0.25, 0.3) is 0 Å². The maximum absolute atomic E-state index is 10.3. The second-order valence-corrected chi connectivity index (χ2v) is 6.38. The van der Waals surface area contributed by atoms with E-state index in [0.717, 1.165) is 30.6 Å². The van der Waals surface area contributed by atoms with E-state index in [1.165, 1.54) is 24.8 Å². The Morgan fingerprint density at radius 3 is 2.38 bits per heavy atom. The Labute approximate surface area is 145 Å². The molecule has 1 atom stereocenters. The van der Waals surface area contributed by atoms with Crippen molar-refractivity contribution in [3.05, 3.63) is 65.2 Å². The van der Waals surface area contributed by atoms with E-state index in [-0.39, 0.29) is 6.04 Å². The van der Waals surface area contributed by atoms with Crippen LogP contribution in [0, 0.1) is 11.8 Å². The SMILES string of the molecule is CCc1ccc(C#CC(c2ccccc2O)N2CCCCC2)cc1. The van der Waals surface area contributed by atoms with E-state index in [0.29, 0.717) is 5.75 Å². The number of para-hydroxylation sites is 1. The van der Waals surface area contributed by atoms with Gasteiger partial charge < -0.3 is 5.11 Å². The van der Waals surface area contributed by atoms with Gasteiger partial charge in [-0.2, -0.15) is 0 Å². The average molecular weight is 319 g/mol. The minimum absolute atomic E-state index is 0.0441. The first-order valence-corrected chi connectivity index (χ1v) is 8.90. The molecule has 1 heterocycles. The molecular formula is C22H25NO. The molecule has 0 spiro atoms. The fourth-order valence-electron chi connectivity index (χ4n) is 3.24. The third-order valence-electron chi connectivity index (χ3n) is 4.70. The number of aromatic hydroxyl groups is 1. The van der Waals surface area contributed by atoms with Gasteiger partial charge in [0.1, 0.15) is 11.8 Å². The summed E-state index contributed by atoms with van der Waals surface area (Å²) in [6, 6.07) is 16.0. The largest absolute Gasteiger partial charge is 0.508 e. The van der Waals surface area contributed by atoms with Gasteiger partial charge in [0.15, 0.2) is 0 Å². The lowest BCUT2D eigenvalue weighted by Crippen LogP contribution is -2.33. The van der Waals surface area contributed by atoms with Crippen molar-refractivity contribution in [2.24, 2.45) is 0 Å². The Kier molecular flexibility index (Phi) is 5.56. The standard InChI is InChI=1S/C22H25NO/c1-2-18-10-12-19(13-11-18)14-15-21(23-16-6-3-7-17-23)20-8-4-5-9-22(20)24/h4-5,8-13,21,24H,2-3,6-7,16-17H2,1H3. The maximum Gasteiger partial charge on any atom is 0.121 e. The van der Waals surface area contributed by atoms with Crippen molar-refractivity contribution in [2.45, 2.75) is 38.6 Å². The van der Waals surface area contributed by atoms with Crippen LogP contribution in [0.4, 0.5) is 0 Å². The predicted molar refractivity (Wildman–Crippen MR) is 99.0 cm³/mol. The summed E-state index contributed by atoms with van der Waals surface area (Å²) in [5, 5.41) is 10.3. The smallest absolute Gasteiger partial charge is 0.121 e. The van der Waals surface area contributed by atoms with Crippen LogP contribution in [0.25, 0.3) is 0 Å². The van der Waals surface area contributed by atoms with Crippen LogP contribution in [-0.4, -0.2) is 23.1 Å². The van der Waals surface area contributed by atoms with Crippen LogP contribution in [0.3, 0.4) is 0 Å². The van der Waals surface area contributed by atoms with Crippen LogP contribution in [0.5, 0.6) is 5.75 Å². The third-order valence-corrected chi connectivity index (χ3v) is 4.70. The lowest BCUT2D eigenvalue weighted by atomic mass is 10.0. The molecular weight excluding hydrogens is 294 g/mol. The van der Waals surface area contributed by atoms with Gasteiger partial charge in [-0.05, 0) is 56.1 Å². The second kappa shape index (κ2) is 8.04. The van der Waals surface area contributed by atoms with Crippen molar-refractivity contribution in [1.29, 1.82) is 0 Å². The van der Waals surface area contributed by atoms with E-state index >= 15 is 0 Å². The van der Waals surface area contributed by atoms with Crippen molar-refractivity contribution in [2.75, 3.05) is 13.1 Å². The lowest BCUT2D eigenvalue weighted by molar-refractivity contribution is 0.195. The summed E-state index contributed by atoms with van der Waals surface area (Å²) in [6.45, 7) is 4.25. The molecule has 124 valence electrons. The molecule has 1 aliphatic heterocycles. The Morgan fingerprint density at radius 1 is 1.00 bits per heavy atom. The van der Waals surface area contributed by atoms with E-state index in [1.54, 1.807) is 6.07 Å². The predicted octanol–water partition coefficient (Wildman–Crippen LogP) is 4.53. The van der Waals surface area contributed by atoms with Gasteiger partial charge >= 0.3 is 0 Å². The summed E-state index contributed by atoms with van der Waals surface area (Å²) in [7, 11) is 0. The first kappa shape index (κ1) is 16.6. The second-order valence-electron chi connectivity index (χ2n) is 6.38. The average Bonchev–Trinajstić information content (AvgIpc) is 2.65. The van der Waals surface area contributed by atoms with Gasteiger partial charge in [-0.1, -0.05) is 55.5 Å². The van der Waals surface area contributed by atoms with Crippen molar-refractivity contribution in [3.63, 3.8) is 0 Å². The molecule has 0 saturated carbocycles. The quantitative estimate of drug-likeness (QED) is 0.840. The minimum atomic E-state index is -0.0441. The summed E-state index contributed by atoms with van der Waals surface area (Å²) < 4.78 is 0. The van der Waals surface area contributed by atoms with E-state index in [9.17, 15) is 5.11 Å². The molecule has 2 heteroatoms. The Balaban J connectivity index is 1.90. The zero-order chi connectivity index (χ0) is 16.8. The summed E-state index contributed by atoms with van der Waals surface area (Å²) in [4.78, 5) is 2.39. The molecule has 1 fully saturated rings. The number of piperidine rings is 1. The fourth-order valence-corrected chi connectivity index (χ4v) is 3.24. The zero-order valence-corrected chi connectivity index (χ0v) is 14.3. The number of aryl methyl sites for hydroxylation is 1. The molecule has 0 aromatic heterocycles. The Hall–Kier alpha value is -2.24. The molecule has 2 aromatic carbocycles. The van der Waals surface area contributed by atoms with Gasteiger partial charge in [-0.3, -0.25) is 4.90 Å². The van der Waals surface area contributed by atoms with Gasteiger partial charge in [-0.25, -0.2) is 0 Å². The minimum Gasteiger partial charge on any atom is -0.508 e. The maximum atomic E-state index is 10.3. The van der Waals surface area contributed by atoms with Crippen molar-refractivity contribution >= 4 is 0 Å². The van der Waals surface area contributed by atoms with Crippen LogP contribution >= 0.6 is 0 Å². The topological polar surface area (TPSA) is 23.5 Å². The molecule has 2 nitrogen and oxygen atoms in total. The Morgan fingerprint density at radius 2 is 1.71 bits per heavy atom. The normalized spacial score (nSPS) is 16.2. The molecule has 24 heavy (non-hydrogen) atoms. The first-order valence-electron chi connectivity index (χ1n) is 8.90. The van der Waals surface area contributed by atoms with Crippen LogP contribution < -0.4 is 0 Å². The van der Waals surface area contributed by atoms with E-state index < -0.39 is 0 Å². The van der Waals surface area contributed by atoms with Crippen LogP contribution in [0.15, 0.2) is 48.5 Å². The van der Waals surface area contributed by atoms with Gasteiger partial charge in [0.05, 0.1) is 0 Å². The molecule has 1 aliphatic rings. The van der Waals surface area contributed by atoms with Gasteiger partial charge in [0, 0.05) is 11.1 Å². The van der Waals surface area contributed by atoms with Crippen molar-refractivity contribution in [1.82, 2.24) is 4.90 Å². The molecule has 1 N–H and O–H groups in total. The highest BCUT2D eigenvalue weighted by atomic mass is 16.3. The zero-order valence-electron chi connectivity index (χ0n) is 14.3. The third kappa shape index (κ3) is 3.99. The number of likely N-dealkylation sites (tertiary alicyclic amines) is 1. The van der Waals surface area contributed by atoms with Crippen LogP contribution in [0.1, 0.15) is 48.9 Å². The monoisotopic (exact) mass is 319 g/mol. The Bertz CT molecular complexity index is 718. The van der Waals surface area contributed by atoms with Crippen LogP contribution in [-0.2, 0) is 6.42 Å². The van der Waals surface area contributed by atoms with E-state index in [2.05, 4.69) is 47.9 Å². The molecule has 0 aliphatic carbocycles. The number of rotatable bonds is 3. The summed E-state index contributed by atoms with van der Waals surface area (Å²) in [5.74, 6) is 7.07. The molecule has 0 radical (unpaired) electrons. The molecule has 2 aromatic rings.